The first-order valence-corrected chi connectivity index (χ1v) is 3.78. The Kier molecular flexibility index (Phi) is 2.76. The van der Waals surface area contributed by atoms with Crippen LogP contribution in [0.4, 0.5) is 5.82 Å². The number of aryl methyl sites for hydroxylation is 1. The van der Waals surface area contributed by atoms with Gasteiger partial charge in [0.15, 0.2) is 0 Å². The molecule has 0 unspecified atom stereocenters. The van der Waals surface area contributed by atoms with E-state index in [4.69, 9.17) is 5.11 Å². The van der Waals surface area contributed by atoms with Crippen LogP contribution in [0.3, 0.4) is 0 Å². The second-order valence-electron chi connectivity index (χ2n) is 2.73. The van der Waals surface area contributed by atoms with Gasteiger partial charge in [-0.05, 0) is 24.5 Å². The summed E-state index contributed by atoms with van der Waals surface area (Å²) in [6.07, 6.45) is 3.61. The highest BCUT2D eigenvalue weighted by atomic mass is 35.5. The molecule has 2 rings (SSSR count). The van der Waals surface area contributed by atoms with Crippen molar-refractivity contribution in [3.8, 4) is 5.75 Å². The highest BCUT2D eigenvalue weighted by Crippen LogP contribution is 2.22. The molecule has 0 saturated carbocycles. The summed E-state index contributed by atoms with van der Waals surface area (Å²) >= 11 is 0. The lowest BCUT2D eigenvalue weighted by atomic mass is 10.1. The molecule has 2 heterocycles. The first-order chi connectivity index (χ1) is 5.36. The molecule has 1 aliphatic rings. The SMILES string of the molecule is Cl.Oc1cnc2c(c1)CCCN2. The van der Waals surface area contributed by atoms with Crippen molar-refractivity contribution < 1.29 is 5.11 Å². The van der Waals surface area contributed by atoms with E-state index in [1.807, 2.05) is 0 Å². The minimum atomic E-state index is 0. The van der Waals surface area contributed by atoms with Crippen molar-refractivity contribution in [1.82, 2.24) is 4.98 Å². The molecule has 1 aliphatic heterocycles. The van der Waals surface area contributed by atoms with Crippen molar-refractivity contribution in [1.29, 1.82) is 0 Å². The van der Waals surface area contributed by atoms with Gasteiger partial charge in [0.25, 0.3) is 0 Å². The molecule has 0 fully saturated rings. The third-order valence-corrected chi connectivity index (χ3v) is 1.87. The number of nitrogens with one attached hydrogen (secondary N) is 1. The summed E-state index contributed by atoms with van der Waals surface area (Å²) in [5.74, 6) is 1.18. The summed E-state index contributed by atoms with van der Waals surface area (Å²) < 4.78 is 0. The van der Waals surface area contributed by atoms with E-state index >= 15 is 0 Å². The summed E-state index contributed by atoms with van der Waals surface area (Å²) in [6.45, 7) is 0.991. The Balaban J connectivity index is 0.000000720. The second-order valence-corrected chi connectivity index (χ2v) is 2.73. The smallest absolute Gasteiger partial charge is 0.134 e. The fraction of sp³-hybridized carbons (Fsp3) is 0.375. The molecule has 0 atom stereocenters. The van der Waals surface area contributed by atoms with Crippen molar-refractivity contribution in [2.75, 3.05) is 11.9 Å². The number of hydrogen-bond donors (Lipinski definition) is 2. The summed E-state index contributed by atoms with van der Waals surface area (Å²) in [6, 6.07) is 1.77. The molecule has 4 heteroatoms. The monoisotopic (exact) mass is 186 g/mol. The Bertz CT molecular complexity index is 278. The molecule has 1 aromatic heterocycles. The maximum Gasteiger partial charge on any atom is 0.134 e. The highest BCUT2D eigenvalue weighted by molar-refractivity contribution is 5.85. The molecule has 0 radical (unpaired) electrons. The zero-order valence-corrected chi connectivity index (χ0v) is 7.40. The maximum atomic E-state index is 9.10. The predicted molar refractivity (Wildman–Crippen MR) is 50.0 cm³/mol. The van der Waals surface area contributed by atoms with Crippen LogP contribution in [-0.4, -0.2) is 16.6 Å². The zero-order valence-electron chi connectivity index (χ0n) is 6.58. The van der Waals surface area contributed by atoms with Crippen LogP contribution in [0, 0.1) is 0 Å². The first-order valence-electron chi connectivity index (χ1n) is 3.78. The lowest BCUT2D eigenvalue weighted by molar-refractivity contribution is 0.471. The van der Waals surface area contributed by atoms with Gasteiger partial charge >= 0.3 is 0 Å². The Morgan fingerprint density at radius 3 is 3.17 bits per heavy atom. The third-order valence-electron chi connectivity index (χ3n) is 1.87. The molecule has 0 bridgehead atoms. The van der Waals surface area contributed by atoms with Crippen LogP contribution in [0.15, 0.2) is 12.3 Å². The van der Waals surface area contributed by atoms with Gasteiger partial charge in [0.1, 0.15) is 11.6 Å². The molecule has 3 nitrogen and oxygen atoms in total. The summed E-state index contributed by atoms with van der Waals surface area (Å²) in [4.78, 5) is 4.06. The number of anilines is 1. The van der Waals surface area contributed by atoms with Crippen LogP contribution in [0.2, 0.25) is 0 Å². The molecular formula is C8H11ClN2O. The Morgan fingerprint density at radius 2 is 2.33 bits per heavy atom. The Morgan fingerprint density at radius 1 is 1.50 bits per heavy atom. The van der Waals surface area contributed by atoms with Gasteiger partial charge < -0.3 is 10.4 Å². The van der Waals surface area contributed by atoms with Crippen molar-refractivity contribution in [3.63, 3.8) is 0 Å². The third kappa shape index (κ3) is 1.61. The number of pyridine rings is 1. The molecule has 0 saturated heterocycles. The quantitative estimate of drug-likeness (QED) is 0.647. The molecule has 1 aromatic rings. The van der Waals surface area contributed by atoms with Crippen LogP contribution >= 0.6 is 12.4 Å². The fourth-order valence-electron chi connectivity index (χ4n) is 1.33. The van der Waals surface area contributed by atoms with Crippen LogP contribution in [0.5, 0.6) is 5.75 Å². The molecule has 2 N–H and O–H groups in total. The van der Waals surface area contributed by atoms with Crippen LogP contribution in [0.25, 0.3) is 0 Å². The largest absolute Gasteiger partial charge is 0.506 e. The zero-order chi connectivity index (χ0) is 7.68. The minimum Gasteiger partial charge on any atom is -0.506 e. The van der Waals surface area contributed by atoms with E-state index < -0.39 is 0 Å². The van der Waals surface area contributed by atoms with Gasteiger partial charge in [-0.3, -0.25) is 0 Å². The number of nitrogens with zero attached hydrogens (tertiary/aromatic N) is 1. The van der Waals surface area contributed by atoms with Gasteiger partial charge in [-0.1, -0.05) is 0 Å². The second kappa shape index (κ2) is 3.63. The summed E-state index contributed by atoms with van der Waals surface area (Å²) in [7, 11) is 0. The summed E-state index contributed by atoms with van der Waals surface area (Å²) in [5.41, 5.74) is 1.12. The van der Waals surface area contributed by atoms with E-state index in [2.05, 4.69) is 10.3 Å². The lowest BCUT2D eigenvalue weighted by Crippen LogP contribution is -2.12. The van der Waals surface area contributed by atoms with Gasteiger partial charge in [-0.2, -0.15) is 0 Å². The maximum absolute atomic E-state index is 9.10. The Hall–Kier alpha value is -0.960. The van der Waals surface area contributed by atoms with Gasteiger partial charge in [-0.25, -0.2) is 4.98 Å². The molecule has 0 amide bonds. The van der Waals surface area contributed by atoms with E-state index in [-0.39, 0.29) is 18.2 Å². The Labute approximate surface area is 77.2 Å². The first kappa shape index (κ1) is 9.13. The van der Waals surface area contributed by atoms with Gasteiger partial charge in [0.05, 0.1) is 6.20 Å². The van der Waals surface area contributed by atoms with E-state index in [0.29, 0.717) is 0 Å². The van der Waals surface area contributed by atoms with Crippen molar-refractivity contribution in [2.24, 2.45) is 0 Å². The molecule has 0 aromatic carbocycles. The summed E-state index contributed by atoms with van der Waals surface area (Å²) in [5, 5.41) is 12.3. The van der Waals surface area contributed by atoms with Crippen LogP contribution < -0.4 is 5.32 Å². The molecule has 12 heavy (non-hydrogen) atoms. The average Bonchev–Trinajstić information content (AvgIpc) is 2.04. The van der Waals surface area contributed by atoms with Crippen molar-refractivity contribution in [2.45, 2.75) is 12.8 Å². The van der Waals surface area contributed by atoms with Crippen LogP contribution in [-0.2, 0) is 6.42 Å². The van der Waals surface area contributed by atoms with Crippen molar-refractivity contribution >= 4 is 18.2 Å². The lowest BCUT2D eigenvalue weighted by Gasteiger charge is -2.15. The topological polar surface area (TPSA) is 45.2 Å². The number of aromatic hydroxyl groups is 1. The van der Waals surface area contributed by atoms with E-state index in [1.165, 1.54) is 6.20 Å². The van der Waals surface area contributed by atoms with E-state index in [1.54, 1.807) is 6.07 Å². The molecule has 0 spiro atoms. The van der Waals surface area contributed by atoms with Gasteiger partial charge in [0, 0.05) is 6.54 Å². The van der Waals surface area contributed by atoms with Crippen LogP contribution in [0.1, 0.15) is 12.0 Å². The van der Waals surface area contributed by atoms with Crippen molar-refractivity contribution in [3.05, 3.63) is 17.8 Å². The number of hydrogen-bond acceptors (Lipinski definition) is 3. The standard InChI is InChI=1S/C8H10N2O.ClH/c11-7-4-6-2-1-3-9-8(6)10-5-7;/h4-5,11H,1-3H2,(H,9,10);1H. The average molecular weight is 187 g/mol. The highest BCUT2D eigenvalue weighted by Gasteiger charge is 2.08. The number of halogens is 1. The predicted octanol–water partition coefficient (Wildman–Crippen LogP) is 1.57. The number of aromatic nitrogens is 1. The number of rotatable bonds is 0. The van der Waals surface area contributed by atoms with Gasteiger partial charge in [-0.15, -0.1) is 12.4 Å². The minimum absolute atomic E-state index is 0. The molecule has 66 valence electrons. The van der Waals surface area contributed by atoms with E-state index in [9.17, 15) is 0 Å². The molecular weight excluding hydrogens is 176 g/mol. The normalized spacial score (nSPS) is 14.0. The van der Waals surface area contributed by atoms with Gasteiger partial charge in [0.2, 0.25) is 0 Å². The van der Waals surface area contributed by atoms with E-state index in [0.717, 1.165) is 30.8 Å². The number of fused-ring (bicyclic) bond motifs is 1. The molecule has 0 aliphatic carbocycles. The fourth-order valence-corrected chi connectivity index (χ4v) is 1.33.